The summed E-state index contributed by atoms with van der Waals surface area (Å²) in [5.41, 5.74) is -0.720. The number of imide groups is 1. The number of piperidine rings is 1. The van der Waals surface area contributed by atoms with Crippen molar-refractivity contribution in [3.63, 3.8) is 0 Å². The van der Waals surface area contributed by atoms with E-state index >= 15 is 0 Å². The molecule has 1 aliphatic carbocycles. The summed E-state index contributed by atoms with van der Waals surface area (Å²) in [6.07, 6.45) is 1.19. The number of amides is 3. The summed E-state index contributed by atoms with van der Waals surface area (Å²) in [5.74, 6) is -5.56. The maximum absolute atomic E-state index is 13.8. The average Bonchev–Trinajstić information content (AvgIpc) is 3.01. The number of hydrogen-bond acceptors (Lipinski definition) is 6. The third-order valence-electron chi connectivity index (χ3n) is 6.78. The summed E-state index contributed by atoms with van der Waals surface area (Å²) in [4.78, 5) is 41.2. The first-order valence-corrected chi connectivity index (χ1v) is 12.4. The van der Waals surface area contributed by atoms with Crippen molar-refractivity contribution < 1.29 is 27.9 Å². The third-order valence-corrected chi connectivity index (χ3v) is 9.28. The number of fused-ring (bicyclic) bond motifs is 1. The molecular formula is C24H21ClN2O6S. The lowest BCUT2D eigenvalue weighted by Gasteiger charge is -2.50. The number of benzene rings is 2. The molecule has 1 N–H and O–H groups in total. The fraction of sp³-hybridized carbons (Fsp3) is 0.292. The van der Waals surface area contributed by atoms with E-state index in [-0.39, 0.29) is 15.6 Å². The predicted octanol–water partition coefficient (Wildman–Crippen LogP) is 2.18. The second kappa shape index (κ2) is 7.24. The van der Waals surface area contributed by atoms with E-state index in [0.717, 1.165) is 10.5 Å². The minimum absolute atomic E-state index is 0.0830. The van der Waals surface area contributed by atoms with Gasteiger partial charge in [-0.2, -0.15) is 0 Å². The number of aryl methyl sites for hydroxylation is 3. The van der Waals surface area contributed by atoms with Crippen molar-refractivity contribution in [3.8, 4) is 0 Å². The molecule has 4 unspecified atom stereocenters. The number of nitrogens with zero attached hydrogens (tertiary/aromatic N) is 2. The Balaban J connectivity index is 1.69. The van der Waals surface area contributed by atoms with Gasteiger partial charge >= 0.3 is 0 Å². The molecule has 3 heterocycles. The molecule has 4 atom stereocenters. The highest BCUT2D eigenvalue weighted by Crippen LogP contribution is 2.54. The number of sulfonamides is 1. The Morgan fingerprint density at radius 3 is 2.15 bits per heavy atom. The smallest absolute Gasteiger partial charge is 0.275 e. The van der Waals surface area contributed by atoms with Crippen LogP contribution >= 0.6 is 11.6 Å². The van der Waals surface area contributed by atoms with Crippen LogP contribution in [-0.4, -0.2) is 47.2 Å². The van der Waals surface area contributed by atoms with Crippen LogP contribution in [0.5, 0.6) is 0 Å². The Kier molecular flexibility index (Phi) is 4.85. The molecule has 3 aliphatic heterocycles. The number of aliphatic hydroxyl groups is 1. The van der Waals surface area contributed by atoms with Crippen molar-refractivity contribution in [2.45, 2.75) is 37.3 Å². The van der Waals surface area contributed by atoms with E-state index in [1.54, 1.807) is 56.3 Å². The summed E-state index contributed by atoms with van der Waals surface area (Å²) in [6, 6.07) is 10.1. The normalized spacial score (nSPS) is 28.4. The molecule has 10 heteroatoms. The molecule has 0 spiro atoms. The Morgan fingerprint density at radius 2 is 1.56 bits per heavy atom. The van der Waals surface area contributed by atoms with E-state index in [4.69, 9.17) is 11.6 Å². The van der Waals surface area contributed by atoms with E-state index in [2.05, 4.69) is 0 Å². The van der Waals surface area contributed by atoms with Crippen LogP contribution in [0.3, 0.4) is 0 Å². The Bertz CT molecular complexity index is 1400. The number of carbonyl (C=O) groups is 3. The van der Waals surface area contributed by atoms with Gasteiger partial charge in [-0.1, -0.05) is 47.5 Å². The van der Waals surface area contributed by atoms with Crippen LogP contribution in [0.15, 0.2) is 58.5 Å². The van der Waals surface area contributed by atoms with Gasteiger partial charge in [0.1, 0.15) is 0 Å². The number of para-hydroxylation sites is 1. The SMILES string of the molecule is Cc1cc(C)c(S(=O)(=O)N2C(=O)C3(O)C(Cl)=CC2C2C(=O)N(c4ccccc4)C(=O)C23)c(C)c1. The summed E-state index contributed by atoms with van der Waals surface area (Å²) < 4.78 is 28.2. The molecular weight excluding hydrogens is 480 g/mol. The van der Waals surface area contributed by atoms with Crippen LogP contribution in [0.4, 0.5) is 5.69 Å². The minimum atomic E-state index is -4.50. The van der Waals surface area contributed by atoms with E-state index in [9.17, 15) is 27.9 Å². The molecule has 0 saturated carbocycles. The van der Waals surface area contributed by atoms with Gasteiger partial charge in [0, 0.05) is 0 Å². The van der Waals surface area contributed by atoms with Crippen LogP contribution in [0.1, 0.15) is 16.7 Å². The molecule has 2 fully saturated rings. The van der Waals surface area contributed by atoms with Gasteiger partial charge in [0.05, 0.1) is 33.5 Å². The van der Waals surface area contributed by atoms with Gasteiger partial charge in [-0.05, 0) is 50.1 Å². The van der Waals surface area contributed by atoms with Crippen molar-refractivity contribution in [1.82, 2.24) is 4.31 Å². The topological polar surface area (TPSA) is 112 Å². The van der Waals surface area contributed by atoms with Crippen molar-refractivity contribution in [2.75, 3.05) is 4.90 Å². The lowest BCUT2D eigenvalue weighted by Crippen LogP contribution is -2.70. The zero-order chi connectivity index (χ0) is 24.7. The zero-order valence-corrected chi connectivity index (χ0v) is 20.1. The van der Waals surface area contributed by atoms with Gasteiger partial charge in [-0.25, -0.2) is 17.6 Å². The monoisotopic (exact) mass is 500 g/mol. The van der Waals surface area contributed by atoms with Gasteiger partial charge in [0.25, 0.3) is 15.9 Å². The molecule has 2 saturated heterocycles. The van der Waals surface area contributed by atoms with Crippen molar-refractivity contribution in [2.24, 2.45) is 11.8 Å². The van der Waals surface area contributed by atoms with Crippen LogP contribution in [0.25, 0.3) is 0 Å². The lowest BCUT2D eigenvalue weighted by molar-refractivity contribution is -0.165. The summed E-state index contributed by atoms with van der Waals surface area (Å²) >= 11 is 6.25. The quantitative estimate of drug-likeness (QED) is 0.646. The average molecular weight is 501 g/mol. The summed E-state index contributed by atoms with van der Waals surface area (Å²) in [6.45, 7) is 5.05. The van der Waals surface area contributed by atoms with E-state index < -0.39 is 51.2 Å². The van der Waals surface area contributed by atoms with Gasteiger partial charge < -0.3 is 5.11 Å². The maximum Gasteiger partial charge on any atom is 0.275 e. The fourth-order valence-electron chi connectivity index (χ4n) is 5.53. The molecule has 0 aromatic heterocycles. The summed E-state index contributed by atoms with van der Waals surface area (Å²) in [5, 5.41) is 11.1. The van der Waals surface area contributed by atoms with Crippen LogP contribution < -0.4 is 4.90 Å². The highest BCUT2D eigenvalue weighted by Gasteiger charge is 2.73. The largest absolute Gasteiger partial charge is 0.374 e. The van der Waals surface area contributed by atoms with Gasteiger partial charge in [-0.15, -0.1) is 0 Å². The van der Waals surface area contributed by atoms with E-state index in [1.165, 1.54) is 6.08 Å². The number of hydrogen-bond donors (Lipinski definition) is 1. The summed E-state index contributed by atoms with van der Waals surface area (Å²) in [7, 11) is -4.50. The number of anilines is 1. The highest BCUT2D eigenvalue weighted by molar-refractivity contribution is 7.89. The molecule has 4 aliphatic rings. The molecule has 3 amide bonds. The van der Waals surface area contributed by atoms with Gasteiger partial charge in [0.2, 0.25) is 11.8 Å². The second-order valence-electron chi connectivity index (χ2n) is 8.96. The first-order chi connectivity index (χ1) is 15.9. The standard InChI is InChI=1S/C24H21ClN2O6S/c1-12-9-13(2)20(14(3)10-12)34(32,33)27-16-11-17(25)24(31,23(27)30)19-18(16)21(28)26(22(19)29)15-7-5-4-6-8-15/h4-11,16,18-19,31H,1-3H3. The molecule has 34 heavy (non-hydrogen) atoms. The second-order valence-corrected chi connectivity index (χ2v) is 11.1. The Labute approximate surface area is 201 Å². The van der Waals surface area contributed by atoms with Crippen molar-refractivity contribution in [3.05, 3.63) is 70.3 Å². The fourth-order valence-corrected chi connectivity index (χ4v) is 7.85. The molecule has 8 nitrogen and oxygen atoms in total. The molecule has 0 radical (unpaired) electrons. The van der Waals surface area contributed by atoms with E-state index in [0.29, 0.717) is 15.4 Å². The number of carbonyl (C=O) groups excluding carboxylic acids is 3. The Morgan fingerprint density at radius 1 is 0.971 bits per heavy atom. The predicted molar refractivity (Wildman–Crippen MR) is 123 cm³/mol. The third kappa shape index (κ3) is 2.74. The first-order valence-electron chi connectivity index (χ1n) is 10.6. The lowest BCUT2D eigenvalue weighted by atomic mass is 9.67. The number of rotatable bonds is 3. The van der Waals surface area contributed by atoms with Crippen LogP contribution in [0, 0.1) is 32.6 Å². The Hall–Kier alpha value is -3.01. The van der Waals surface area contributed by atoms with E-state index in [1.807, 2.05) is 6.92 Å². The van der Waals surface area contributed by atoms with Gasteiger partial charge in [-0.3, -0.25) is 14.4 Å². The molecule has 2 aromatic carbocycles. The van der Waals surface area contributed by atoms with Gasteiger partial charge in [0.15, 0.2) is 5.60 Å². The van der Waals surface area contributed by atoms with Crippen molar-refractivity contribution in [1.29, 1.82) is 0 Å². The maximum atomic E-state index is 13.8. The molecule has 2 bridgehead atoms. The first kappa shape index (κ1) is 22.8. The zero-order valence-electron chi connectivity index (χ0n) is 18.5. The molecule has 176 valence electrons. The highest BCUT2D eigenvalue weighted by atomic mass is 35.5. The van der Waals surface area contributed by atoms with Crippen LogP contribution in [-0.2, 0) is 24.4 Å². The molecule has 6 rings (SSSR count). The van der Waals surface area contributed by atoms with Crippen LogP contribution in [0.2, 0.25) is 0 Å². The minimum Gasteiger partial charge on any atom is -0.374 e. The molecule has 2 aromatic rings. The van der Waals surface area contributed by atoms with Crippen molar-refractivity contribution >= 4 is 45.0 Å². The number of halogens is 1.